The van der Waals surface area contributed by atoms with Gasteiger partial charge in [-0.2, -0.15) is 0 Å². The predicted octanol–water partition coefficient (Wildman–Crippen LogP) is 2.91. The van der Waals surface area contributed by atoms with Crippen molar-refractivity contribution in [3.63, 3.8) is 0 Å². The fourth-order valence-electron chi connectivity index (χ4n) is 3.44. The zero-order valence-corrected chi connectivity index (χ0v) is 14.2. The minimum Gasteiger partial charge on any atom is -0.361 e. The molecular formula is C20H18N2O3. The second-order valence-electron chi connectivity index (χ2n) is 6.00. The number of likely N-dealkylation sites (N-methyl/N-ethyl adjacent to an activating group) is 1. The topological polar surface area (TPSA) is 49.9 Å². The van der Waals surface area contributed by atoms with Crippen LogP contribution < -0.4 is 9.80 Å². The molecule has 0 bridgehead atoms. The van der Waals surface area contributed by atoms with E-state index in [1.165, 1.54) is 0 Å². The molecule has 4 rings (SSSR count). The van der Waals surface area contributed by atoms with Gasteiger partial charge in [-0.05, 0) is 19.1 Å². The quantitative estimate of drug-likeness (QED) is 0.811. The lowest BCUT2D eigenvalue weighted by Crippen LogP contribution is -2.30. The summed E-state index contributed by atoms with van der Waals surface area (Å²) in [5, 5.41) is 0. The molecule has 0 saturated carbocycles. The molecule has 25 heavy (non-hydrogen) atoms. The second-order valence-corrected chi connectivity index (χ2v) is 6.00. The molecule has 0 atom stereocenters. The number of carbonyl (C=O) groups excluding carboxylic acids is 2. The Hall–Kier alpha value is -2.92. The molecule has 0 radical (unpaired) electrons. The Kier molecular flexibility index (Phi) is 3.66. The number of rotatable bonds is 3. The highest BCUT2D eigenvalue weighted by atomic mass is 16.5. The van der Waals surface area contributed by atoms with Crippen molar-refractivity contribution in [3.05, 3.63) is 59.7 Å². The molecule has 0 N–H and O–H groups in total. The van der Waals surface area contributed by atoms with Crippen LogP contribution in [0.2, 0.25) is 0 Å². The maximum Gasteiger partial charge on any atom is 0.261 e. The van der Waals surface area contributed by atoms with Gasteiger partial charge in [0.15, 0.2) is 0 Å². The van der Waals surface area contributed by atoms with Crippen LogP contribution in [-0.2, 0) is 14.3 Å². The zero-order chi connectivity index (χ0) is 17.6. The monoisotopic (exact) mass is 334 g/mol. The third-order valence-corrected chi connectivity index (χ3v) is 4.65. The van der Waals surface area contributed by atoms with Gasteiger partial charge in [-0.25, -0.2) is 0 Å². The van der Waals surface area contributed by atoms with Gasteiger partial charge >= 0.3 is 0 Å². The fraction of sp³-hybridized carbons (Fsp3) is 0.200. The lowest BCUT2D eigenvalue weighted by molar-refractivity contribution is -0.115. The molecule has 0 fully saturated rings. The number of fused-ring (bicyclic) bond motifs is 2. The van der Waals surface area contributed by atoms with Crippen molar-refractivity contribution in [3.8, 4) is 0 Å². The number of amides is 2. The number of anilines is 2. The first-order valence-corrected chi connectivity index (χ1v) is 8.26. The molecule has 0 spiro atoms. The second kappa shape index (κ2) is 5.86. The first kappa shape index (κ1) is 15.6. The van der Waals surface area contributed by atoms with Crippen molar-refractivity contribution in [1.29, 1.82) is 0 Å². The summed E-state index contributed by atoms with van der Waals surface area (Å²) < 4.78 is 5.46. The van der Waals surface area contributed by atoms with Crippen LogP contribution in [0.25, 0.3) is 11.1 Å². The Balaban J connectivity index is 1.95. The summed E-state index contributed by atoms with van der Waals surface area (Å²) in [4.78, 5) is 29.2. The summed E-state index contributed by atoms with van der Waals surface area (Å²) in [6, 6.07) is 15.1. The third-order valence-electron chi connectivity index (χ3n) is 4.65. The molecule has 2 aliphatic heterocycles. The van der Waals surface area contributed by atoms with E-state index in [0.29, 0.717) is 17.8 Å². The van der Waals surface area contributed by atoms with Crippen LogP contribution in [0.4, 0.5) is 11.4 Å². The van der Waals surface area contributed by atoms with Crippen molar-refractivity contribution < 1.29 is 14.3 Å². The number of ether oxygens (including phenoxy) is 1. The van der Waals surface area contributed by atoms with Crippen LogP contribution in [-0.4, -0.2) is 32.2 Å². The fourth-order valence-corrected chi connectivity index (χ4v) is 3.44. The molecule has 5 nitrogen and oxygen atoms in total. The SMILES string of the molecule is CCOCN1C(=O)C(=C2C(=O)N(C)c3ccccc32)c2ccccc21. The summed E-state index contributed by atoms with van der Waals surface area (Å²) in [5.74, 6) is -0.347. The highest BCUT2D eigenvalue weighted by Crippen LogP contribution is 2.45. The molecule has 0 unspecified atom stereocenters. The van der Waals surface area contributed by atoms with Gasteiger partial charge in [0.1, 0.15) is 6.73 Å². The van der Waals surface area contributed by atoms with Crippen molar-refractivity contribution in [2.75, 3.05) is 30.2 Å². The third kappa shape index (κ3) is 2.20. The average molecular weight is 334 g/mol. The first-order valence-electron chi connectivity index (χ1n) is 8.26. The van der Waals surface area contributed by atoms with E-state index in [9.17, 15) is 9.59 Å². The summed E-state index contributed by atoms with van der Waals surface area (Å²) in [6.45, 7) is 2.58. The minimum absolute atomic E-state index is 0.155. The van der Waals surface area contributed by atoms with E-state index in [1.807, 2.05) is 55.5 Å². The van der Waals surface area contributed by atoms with Gasteiger partial charge in [0.05, 0.1) is 22.5 Å². The van der Waals surface area contributed by atoms with Gasteiger partial charge in [-0.1, -0.05) is 36.4 Å². The molecule has 2 amide bonds. The number of nitrogens with zero attached hydrogens (tertiary/aromatic N) is 2. The number of benzene rings is 2. The van der Waals surface area contributed by atoms with Crippen molar-refractivity contribution in [1.82, 2.24) is 0 Å². The van der Waals surface area contributed by atoms with Gasteiger partial charge in [0.2, 0.25) is 0 Å². The molecule has 0 aliphatic carbocycles. The number of hydrogen-bond donors (Lipinski definition) is 0. The summed E-state index contributed by atoms with van der Waals surface area (Å²) in [6.07, 6.45) is 0. The maximum absolute atomic E-state index is 13.1. The Morgan fingerprint density at radius 2 is 1.40 bits per heavy atom. The van der Waals surface area contributed by atoms with Gasteiger partial charge in [-0.3, -0.25) is 14.5 Å². The van der Waals surface area contributed by atoms with Crippen LogP contribution in [0.15, 0.2) is 48.5 Å². The van der Waals surface area contributed by atoms with E-state index >= 15 is 0 Å². The molecule has 126 valence electrons. The summed E-state index contributed by atoms with van der Waals surface area (Å²) in [7, 11) is 1.73. The molecule has 0 saturated heterocycles. The number of para-hydroxylation sites is 2. The summed E-state index contributed by atoms with van der Waals surface area (Å²) in [5.41, 5.74) is 4.10. The normalized spacial score (nSPS) is 18.8. The standard InChI is InChI=1S/C20H18N2O3/c1-3-25-12-22-16-11-7-5-9-14(16)18(20(22)24)17-13-8-4-6-10-15(13)21(2)19(17)23/h4-11H,3,12H2,1-2H3. The molecule has 0 aromatic heterocycles. The predicted molar refractivity (Wildman–Crippen MR) is 97.1 cm³/mol. The molecule has 2 aromatic rings. The number of carbonyl (C=O) groups is 2. The Labute approximate surface area is 146 Å². The first-order chi connectivity index (χ1) is 12.1. The Bertz CT molecular complexity index is 917. The van der Waals surface area contributed by atoms with Crippen molar-refractivity contribution >= 4 is 34.3 Å². The minimum atomic E-state index is -0.192. The van der Waals surface area contributed by atoms with Gasteiger partial charge < -0.3 is 9.64 Å². The van der Waals surface area contributed by atoms with E-state index in [1.54, 1.807) is 16.8 Å². The van der Waals surface area contributed by atoms with E-state index in [-0.39, 0.29) is 18.5 Å². The maximum atomic E-state index is 13.1. The lowest BCUT2D eigenvalue weighted by atomic mass is 9.96. The lowest BCUT2D eigenvalue weighted by Gasteiger charge is -2.16. The van der Waals surface area contributed by atoms with Gasteiger partial charge in [-0.15, -0.1) is 0 Å². The average Bonchev–Trinajstić information content (AvgIpc) is 3.05. The highest BCUT2D eigenvalue weighted by molar-refractivity contribution is 6.49. The smallest absolute Gasteiger partial charge is 0.261 e. The molecule has 2 heterocycles. The van der Waals surface area contributed by atoms with Crippen LogP contribution in [0.3, 0.4) is 0 Å². The van der Waals surface area contributed by atoms with Gasteiger partial charge in [0, 0.05) is 24.8 Å². The van der Waals surface area contributed by atoms with Crippen LogP contribution in [0, 0.1) is 0 Å². The molecular weight excluding hydrogens is 316 g/mol. The molecule has 2 aliphatic rings. The van der Waals surface area contributed by atoms with Gasteiger partial charge in [0.25, 0.3) is 11.8 Å². The van der Waals surface area contributed by atoms with E-state index in [0.717, 1.165) is 22.5 Å². The number of hydrogen-bond acceptors (Lipinski definition) is 3. The van der Waals surface area contributed by atoms with Crippen LogP contribution >= 0.6 is 0 Å². The molecule has 5 heteroatoms. The molecule has 2 aromatic carbocycles. The summed E-state index contributed by atoms with van der Waals surface area (Å²) >= 11 is 0. The largest absolute Gasteiger partial charge is 0.361 e. The van der Waals surface area contributed by atoms with E-state index in [4.69, 9.17) is 4.74 Å². The van der Waals surface area contributed by atoms with E-state index < -0.39 is 0 Å². The van der Waals surface area contributed by atoms with Crippen LogP contribution in [0.5, 0.6) is 0 Å². The van der Waals surface area contributed by atoms with E-state index in [2.05, 4.69) is 0 Å². The zero-order valence-electron chi connectivity index (χ0n) is 14.2. The highest BCUT2D eigenvalue weighted by Gasteiger charge is 2.40. The van der Waals surface area contributed by atoms with Crippen molar-refractivity contribution in [2.24, 2.45) is 0 Å². The van der Waals surface area contributed by atoms with Crippen molar-refractivity contribution in [2.45, 2.75) is 6.92 Å². The Morgan fingerprint density at radius 3 is 2.08 bits per heavy atom. The van der Waals surface area contributed by atoms with Crippen LogP contribution in [0.1, 0.15) is 18.1 Å². The Morgan fingerprint density at radius 1 is 0.840 bits per heavy atom.